The fourth-order valence-electron chi connectivity index (χ4n) is 4.91. The number of Topliss-reactive ketones (excluding diaryl/α,β-unsaturated/α-hetero) is 1. The van der Waals surface area contributed by atoms with Gasteiger partial charge in [-0.05, 0) is 42.0 Å². The Labute approximate surface area is 189 Å². The van der Waals surface area contributed by atoms with Crippen LogP contribution in [0.2, 0.25) is 0 Å². The number of hydrogen-bond acceptors (Lipinski definition) is 5. The third-order valence-electron chi connectivity index (χ3n) is 6.57. The van der Waals surface area contributed by atoms with Crippen molar-refractivity contribution in [2.75, 3.05) is 40.0 Å². The van der Waals surface area contributed by atoms with Gasteiger partial charge < -0.3 is 19.8 Å². The number of rotatable bonds is 6. The molecular weight excluding hydrogens is 406 g/mol. The van der Waals surface area contributed by atoms with Gasteiger partial charge in [0.05, 0.1) is 26.4 Å². The quantitative estimate of drug-likeness (QED) is 0.722. The topological polar surface area (TPSA) is 83.7 Å². The molecule has 0 bridgehead atoms. The lowest BCUT2D eigenvalue weighted by Gasteiger charge is -2.35. The Kier molecular flexibility index (Phi) is 6.40. The molecule has 2 heterocycles. The van der Waals surface area contributed by atoms with Crippen LogP contribution in [0.15, 0.2) is 24.3 Å². The number of nitrogens with zero attached hydrogens (tertiary/aromatic N) is 1. The Morgan fingerprint density at radius 3 is 2.56 bits per heavy atom. The van der Waals surface area contributed by atoms with Crippen molar-refractivity contribution < 1.29 is 19.1 Å². The van der Waals surface area contributed by atoms with E-state index >= 15 is 0 Å². The van der Waals surface area contributed by atoms with Gasteiger partial charge in [0.15, 0.2) is 5.78 Å². The van der Waals surface area contributed by atoms with E-state index in [1.54, 1.807) is 7.11 Å². The molecule has 2 aliphatic rings. The number of carbonyl (C=O) groups excluding carboxylic acids is 2. The summed E-state index contributed by atoms with van der Waals surface area (Å²) in [5.74, 6) is 0.751. The second kappa shape index (κ2) is 9.08. The highest BCUT2D eigenvalue weighted by atomic mass is 16.5. The van der Waals surface area contributed by atoms with E-state index in [2.05, 4.69) is 29.0 Å². The van der Waals surface area contributed by atoms with Crippen molar-refractivity contribution in [1.29, 1.82) is 0 Å². The number of morpholine rings is 1. The zero-order valence-corrected chi connectivity index (χ0v) is 19.4. The number of hydrogen-bond donors (Lipinski definition) is 2. The van der Waals surface area contributed by atoms with Crippen LogP contribution in [0.25, 0.3) is 0 Å². The highest BCUT2D eigenvalue weighted by Crippen LogP contribution is 2.36. The van der Waals surface area contributed by atoms with E-state index in [1.165, 1.54) is 0 Å². The predicted molar refractivity (Wildman–Crippen MR) is 122 cm³/mol. The highest BCUT2D eigenvalue weighted by Gasteiger charge is 2.35. The SMILES string of the molecule is COc1ccc([C@H](CNC(=O)c2[nH]c3c(c2C)C(=O)CC(C)(C)C3)N2CCOCC2)cc1. The third-order valence-corrected chi connectivity index (χ3v) is 6.57. The van der Waals surface area contributed by atoms with Crippen LogP contribution in [0, 0.1) is 12.3 Å². The number of methoxy groups -OCH3 is 1. The van der Waals surface area contributed by atoms with Crippen molar-refractivity contribution in [3.8, 4) is 5.75 Å². The van der Waals surface area contributed by atoms with E-state index in [-0.39, 0.29) is 23.1 Å². The number of H-pyrrole nitrogens is 1. The Balaban J connectivity index is 1.53. The molecule has 1 fully saturated rings. The first kappa shape index (κ1) is 22.6. The molecule has 32 heavy (non-hydrogen) atoms. The molecule has 2 N–H and O–H groups in total. The summed E-state index contributed by atoms with van der Waals surface area (Å²) in [6.07, 6.45) is 1.28. The minimum absolute atomic E-state index is 0.0271. The Bertz CT molecular complexity index is 987. The summed E-state index contributed by atoms with van der Waals surface area (Å²) in [7, 11) is 1.65. The number of fused-ring (bicyclic) bond motifs is 1. The Morgan fingerprint density at radius 1 is 1.22 bits per heavy atom. The summed E-state index contributed by atoms with van der Waals surface area (Å²) in [4.78, 5) is 31.4. The van der Waals surface area contributed by atoms with Crippen molar-refractivity contribution >= 4 is 11.7 Å². The molecule has 0 radical (unpaired) electrons. The third kappa shape index (κ3) is 4.59. The zero-order valence-electron chi connectivity index (χ0n) is 19.4. The molecule has 0 unspecified atom stereocenters. The maximum Gasteiger partial charge on any atom is 0.268 e. The van der Waals surface area contributed by atoms with Crippen molar-refractivity contribution in [3.63, 3.8) is 0 Å². The molecule has 2 aromatic rings. The molecule has 1 amide bonds. The van der Waals surface area contributed by atoms with Crippen molar-refractivity contribution in [3.05, 3.63) is 52.3 Å². The van der Waals surface area contributed by atoms with Gasteiger partial charge in [-0.15, -0.1) is 0 Å². The van der Waals surface area contributed by atoms with Crippen LogP contribution in [-0.2, 0) is 11.2 Å². The van der Waals surface area contributed by atoms with Gasteiger partial charge in [0.25, 0.3) is 5.91 Å². The molecule has 7 heteroatoms. The summed E-state index contributed by atoms with van der Waals surface area (Å²) < 4.78 is 10.8. The van der Waals surface area contributed by atoms with Crippen molar-refractivity contribution in [2.24, 2.45) is 5.41 Å². The number of amides is 1. The molecule has 0 saturated carbocycles. The second-order valence-corrected chi connectivity index (χ2v) is 9.57. The van der Waals surface area contributed by atoms with Crippen LogP contribution in [0.3, 0.4) is 0 Å². The van der Waals surface area contributed by atoms with Crippen LogP contribution in [0.1, 0.15) is 64.0 Å². The molecule has 1 aromatic heterocycles. The minimum Gasteiger partial charge on any atom is -0.497 e. The molecular formula is C25H33N3O4. The van der Waals surface area contributed by atoms with E-state index in [0.29, 0.717) is 37.4 Å². The first-order valence-corrected chi connectivity index (χ1v) is 11.3. The van der Waals surface area contributed by atoms with Gasteiger partial charge in [0, 0.05) is 37.3 Å². The summed E-state index contributed by atoms with van der Waals surface area (Å²) in [5.41, 5.74) is 3.86. The van der Waals surface area contributed by atoms with Gasteiger partial charge in [0.2, 0.25) is 0 Å². The average Bonchev–Trinajstić information content (AvgIpc) is 3.10. The van der Waals surface area contributed by atoms with Crippen molar-refractivity contribution in [2.45, 2.75) is 39.7 Å². The number of carbonyl (C=O) groups is 2. The molecule has 4 rings (SSSR count). The summed E-state index contributed by atoms with van der Waals surface area (Å²) in [6, 6.07) is 8.01. The van der Waals surface area contributed by atoms with Gasteiger partial charge in [0.1, 0.15) is 11.4 Å². The largest absolute Gasteiger partial charge is 0.497 e. The van der Waals surface area contributed by atoms with E-state index in [1.807, 2.05) is 31.2 Å². The molecule has 1 aliphatic carbocycles. The first-order chi connectivity index (χ1) is 15.3. The van der Waals surface area contributed by atoms with Gasteiger partial charge in [-0.2, -0.15) is 0 Å². The second-order valence-electron chi connectivity index (χ2n) is 9.57. The standard InChI is InChI=1S/C25H33N3O4/c1-16-22-19(13-25(2,3)14-21(22)29)27-23(16)24(30)26-15-20(28-9-11-32-12-10-28)17-5-7-18(31-4)8-6-17/h5-8,20,27H,9-15H2,1-4H3,(H,26,30)/t20-/m0/s1. The smallest absolute Gasteiger partial charge is 0.268 e. The monoisotopic (exact) mass is 439 g/mol. The van der Waals surface area contributed by atoms with Gasteiger partial charge in [-0.1, -0.05) is 26.0 Å². The van der Waals surface area contributed by atoms with Crippen LogP contribution in [-0.4, -0.2) is 61.5 Å². The normalized spacial score (nSPS) is 19.3. The summed E-state index contributed by atoms with van der Waals surface area (Å²) in [5, 5.41) is 3.11. The van der Waals surface area contributed by atoms with E-state index in [9.17, 15) is 9.59 Å². The lowest BCUT2D eigenvalue weighted by molar-refractivity contribution is 0.0162. The summed E-state index contributed by atoms with van der Waals surface area (Å²) in [6.45, 7) is 9.49. The number of benzene rings is 1. The van der Waals surface area contributed by atoms with Gasteiger partial charge in [-0.3, -0.25) is 14.5 Å². The molecule has 1 aromatic carbocycles. The van der Waals surface area contributed by atoms with Crippen LogP contribution in [0.5, 0.6) is 5.75 Å². The zero-order chi connectivity index (χ0) is 22.9. The fourth-order valence-corrected chi connectivity index (χ4v) is 4.91. The van der Waals surface area contributed by atoms with Gasteiger partial charge >= 0.3 is 0 Å². The number of nitrogens with one attached hydrogen (secondary N) is 2. The van der Waals surface area contributed by atoms with Crippen molar-refractivity contribution in [1.82, 2.24) is 15.2 Å². The average molecular weight is 440 g/mol. The van der Waals surface area contributed by atoms with Crippen LogP contribution >= 0.6 is 0 Å². The highest BCUT2D eigenvalue weighted by molar-refractivity contribution is 6.04. The van der Waals surface area contributed by atoms with Gasteiger partial charge in [-0.25, -0.2) is 0 Å². The number of aromatic amines is 1. The van der Waals surface area contributed by atoms with E-state index in [0.717, 1.165) is 42.1 Å². The Morgan fingerprint density at radius 2 is 1.91 bits per heavy atom. The number of ketones is 1. The fraction of sp³-hybridized carbons (Fsp3) is 0.520. The molecule has 1 aliphatic heterocycles. The molecule has 0 spiro atoms. The van der Waals surface area contributed by atoms with Crippen LogP contribution in [0.4, 0.5) is 0 Å². The molecule has 7 nitrogen and oxygen atoms in total. The molecule has 172 valence electrons. The van der Waals surface area contributed by atoms with E-state index in [4.69, 9.17) is 9.47 Å². The molecule has 1 atom stereocenters. The van der Waals surface area contributed by atoms with E-state index < -0.39 is 0 Å². The predicted octanol–water partition coefficient (Wildman–Crippen LogP) is 3.29. The summed E-state index contributed by atoms with van der Waals surface area (Å²) >= 11 is 0. The maximum absolute atomic E-state index is 13.2. The maximum atomic E-state index is 13.2. The number of aromatic nitrogens is 1. The minimum atomic E-state index is -0.172. The lowest BCUT2D eigenvalue weighted by atomic mass is 9.75. The Hall–Kier alpha value is -2.64. The van der Waals surface area contributed by atoms with Crippen LogP contribution < -0.4 is 10.1 Å². The lowest BCUT2D eigenvalue weighted by Crippen LogP contribution is -2.44. The number of ether oxygens (including phenoxy) is 2. The molecule has 1 saturated heterocycles. The first-order valence-electron chi connectivity index (χ1n) is 11.3.